The molecule has 1 fully saturated rings. The highest BCUT2D eigenvalue weighted by Crippen LogP contribution is 2.39. The van der Waals surface area contributed by atoms with E-state index in [0.29, 0.717) is 6.61 Å². The summed E-state index contributed by atoms with van der Waals surface area (Å²) < 4.78 is 15.9. The van der Waals surface area contributed by atoms with E-state index in [9.17, 15) is 0 Å². The summed E-state index contributed by atoms with van der Waals surface area (Å²) in [6, 6.07) is 3.99. The van der Waals surface area contributed by atoms with Gasteiger partial charge in [0.1, 0.15) is 0 Å². The molecule has 100 valence electrons. The average Bonchev–Trinajstić information content (AvgIpc) is 3.08. The van der Waals surface area contributed by atoms with Crippen LogP contribution in [0.2, 0.25) is 0 Å². The van der Waals surface area contributed by atoms with E-state index in [1.807, 2.05) is 12.1 Å². The molecule has 1 aromatic rings. The molecule has 0 unspecified atom stereocenters. The molecule has 0 aromatic heterocycles. The lowest BCUT2D eigenvalue weighted by molar-refractivity contribution is 0.183. The van der Waals surface area contributed by atoms with Crippen LogP contribution < -0.4 is 15.2 Å². The molecule has 0 atom stereocenters. The number of nitrogens with two attached hydrogens (primary N) is 1. The maximum absolute atomic E-state index is 6.19. The largest absolute Gasteiger partial charge is 0.493 e. The second-order valence-electron chi connectivity index (χ2n) is 4.95. The molecular formula is C14H21NO3. The molecule has 1 aliphatic rings. The van der Waals surface area contributed by atoms with Crippen LogP contribution in [-0.2, 0) is 17.8 Å². The molecule has 1 aromatic carbocycles. The molecule has 2 N–H and O–H groups in total. The first-order valence-corrected chi connectivity index (χ1v) is 6.13. The monoisotopic (exact) mass is 251 g/mol. The Balaban J connectivity index is 2.34. The second kappa shape index (κ2) is 5.16. The van der Waals surface area contributed by atoms with Gasteiger partial charge in [0.05, 0.1) is 20.8 Å². The number of benzene rings is 1. The Hall–Kier alpha value is -1.26. The number of methoxy groups -OCH3 is 3. The van der Waals surface area contributed by atoms with Gasteiger partial charge in [0, 0.05) is 12.6 Å². The zero-order valence-corrected chi connectivity index (χ0v) is 11.3. The summed E-state index contributed by atoms with van der Waals surface area (Å²) in [5.74, 6) is 1.48. The van der Waals surface area contributed by atoms with Crippen molar-refractivity contribution in [2.75, 3.05) is 21.3 Å². The summed E-state index contributed by atoms with van der Waals surface area (Å²) in [5.41, 5.74) is 8.47. The molecule has 0 radical (unpaired) electrons. The van der Waals surface area contributed by atoms with Gasteiger partial charge in [-0.25, -0.2) is 0 Å². The van der Waals surface area contributed by atoms with Gasteiger partial charge in [0.15, 0.2) is 11.5 Å². The van der Waals surface area contributed by atoms with Gasteiger partial charge in [0.2, 0.25) is 0 Å². The van der Waals surface area contributed by atoms with Crippen LogP contribution in [0.15, 0.2) is 12.1 Å². The molecule has 0 aliphatic heterocycles. The van der Waals surface area contributed by atoms with Gasteiger partial charge >= 0.3 is 0 Å². The second-order valence-corrected chi connectivity index (χ2v) is 4.95. The average molecular weight is 251 g/mol. The van der Waals surface area contributed by atoms with Crippen LogP contribution in [0.3, 0.4) is 0 Å². The summed E-state index contributed by atoms with van der Waals surface area (Å²) in [4.78, 5) is 0. The maximum atomic E-state index is 6.19. The minimum atomic E-state index is -0.0257. The fraction of sp³-hybridized carbons (Fsp3) is 0.571. The van der Waals surface area contributed by atoms with Crippen LogP contribution >= 0.6 is 0 Å². The Kier molecular flexibility index (Phi) is 3.78. The molecule has 0 saturated heterocycles. The molecule has 4 heteroatoms. The summed E-state index contributed by atoms with van der Waals surface area (Å²) in [7, 11) is 4.97. The van der Waals surface area contributed by atoms with Gasteiger partial charge in [-0.2, -0.15) is 0 Å². The lowest BCUT2D eigenvalue weighted by Crippen LogP contribution is -2.25. The van der Waals surface area contributed by atoms with Crippen molar-refractivity contribution in [3.05, 3.63) is 23.3 Å². The number of hydrogen-bond donors (Lipinski definition) is 1. The van der Waals surface area contributed by atoms with E-state index in [1.54, 1.807) is 21.3 Å². The maximum Gasteiger partial charge on any atom is 0.161 e. The first-order chi connectivity index (χ1) is 8.61. The highest BCUT2D eigenvalue weighted by atomic mass is 16.5. The normalized spacial score (nSPS) is 16.4. The van der Waals surface area contributed by atoms with Gasteiger partial charge in [0.25, 0.3) is 0 Å². The third-order valence-electron chi connectivity index (χ3n) is 3.44. The van der Waals surface area contributed by atoms with Gasteiger partial charge < -0.3 is 19.9 Å². The quantitative estimate of drug-likeness (QED) is 0.838. The zero-order valence-electron chi connectivity index (χ0n) is 11.3. The van der Waals surface area contributed by atoms with E-state index < -0.39 is 0 Å². The Bertz CT molecular complexity index is 427. The minimum Gasteiger partial charge on any atom is -0.493 e. The number of ether oxygens (including phenoxy) is 3. The lowest BCUT2D eigenvalue weighted by atomic mass is 9.98. The number of rotatable bonds is 6. The summed E-state index contributed by atoms with van der Waals surface area (Å²) in [6.45, 7) is 0.561. The van der Waals surface area contributed by atoms with Gasteiger partial charge in [-0.15, -0.1) is 0 Å². The molecule has 0 amide bonds. The molecule has 0 spiro atoms. The molecule has 1 saturated carbocycles. The first kappa shape index (κ1) is 13.2. The smallest absolute Gasteiger partial charge is 0.161 e. The van der Waals surface area contributed by atoms with Crippen molar-refractivity contribution in [2.24, 2.45) is 5.73 Å². The van der Waals surface area contributed by atoms with Crippen LogP contribution in [0.4, 0.5) is 0 Å². The topological polar surface area (TPSA) is 53.7 Å². The van der Waals surface area contributed by atoms with Crippen molar-refractivity contribution in [3.63, 3.8) is 0 Å². The predicted molar refractivity (Wildman–Crippen MR) is 70.1 cm³/mol. The Morgan fingerprint density at radius 3 is 2.06 bits per heavy atom. The van der Waals surface area contributed by atoms with Gasteiger partial charge in [-0.3, -0.25) is 0 Å². The molecule has 0 heterocycles. The fourth-order valence-corrected chi connectivity index (χ4v) is 2.13. The molecule has 0 bridgehead atoms. The predicted octanol–water partition coefficient (Wildman–Crippen LogP) is 1.88. The van der Waals surface area contributed by atoms with E-state index in [0.717, 1.165) is 36.3 Å². The number of hydrogen-bond acceptors (Lipinski definition) is 4. The van der Waals surface area contributed by atoms with Crippen LogP contribution in [0.1, 0.15) is 24.0 Å². The summed E-state index contributed by atoms with van der Waals surface area (Å²) >= 11 is 0. The van der Waals surface area contributed by atoms with Crippen LogP contribution in [-0.4, -0.2) is 26.9 Å². The SMILES string of the molecule is COCc1cc(OC)c(OC)cc1CC1(N)CC1. The van der Waals surface area contributed by atoms with Crippen LogP contribution in [0, 0.1) is 0 Å². The van der Waals surface area contributed by atoms with Crippen molar-refractivity contribution in [2.45, 2.75) is 31.4 Å². The van der Waals surface area contributed by atoms with E-state index in [-0.39, 0.29) is 5.54 Å². The molecular weight excluding hydrogens is 230 g/mol. The summed E-state index contributed by atoms with van der Waals surface area (Å²) in [5, 5.41) is 0. The highest BCUT2D eigenvalue weighted by Gasteiger charge is 2.38. The van der Waals surface area contributed by atoms with Crippen molar-refractivity contribution in [3.8, 4) is 11.5 Å². The van der Waals surface area contributed by atoms with Crippen molar-refractivity contribution < 1.29 is 14.2 Å². The molecule has 1 aliphatic carbocycles. The standard InChI is InChI=1S/C14H21NO3/c1-16-9-11-7-13(18-3)12(17-2)6-10(11)8-14(15)4-5-14/h6-7H,4-5,8-9,15H2,1-3H3. The van der Waals surface area contributed by atoms with E-state index in [2.05, 4.69) is 0 Å². The Morgan fingerprint density at radius 2 is 1.61 bits per heavy atom. The van der Waals surface area contributed by atoms with Crippen molar-refractivity contribution in [1.82, 2.24) is 0 Å². The molecule has 2 rings (SSSR count). The molecule has 4 nitrogen and oxygen atoms in total. The van der Waals surface area contributed by atoms with E-state index >= 15 is 0 Å². The van der Waals surface area contributed by atoms with Gasteiger partial charge in [-0.05, 0) is 42.5 Å². The summed E-state index contributed by atoms with van der Waals surface area (Å²) in [6.07, 6.45) is 3.05. The molecule has 18 heavy (non-hydrogen) atoms. The lowest BCUT2D eigenvalue weighted by Gasteiger charge is -2.17. The Morgan fingerprint density at radius 1 is 1.06 bits per heavy atom. The third-order valence-corrected chi connectivity index (χ3v) is 3.44. The third kappa shape index (κ3) is 2.76. The van der Waals surface area contributed by atoms with Gasteiger partial charge in [-0.1, -0.05) is 0 Å². The first-order valence-electron chi connectivity index (χ1n) is 6.13. The van der Waals surface area contributed by atoms with Crippen LogP contribution in [0.25, 0.3) is 0 Å². The zero-order chi connectivity index (χ0) is 13.2. The van der Waals surface area contributed by atoms with Crippen molar-refractivity contribution in [1.29, 1.82) is 0 Å². The van der Waals surface area contributed by atoms with E-state index in [1.165, 1.54) is 5.56 Å². The van der Waals surface area contributed by atoms with E-state index in [4.69, 9.17) is 19.9 Å². The minimum absolute atomic E-state index is 0.0257. The van der Waals surface area contributed by atoms with Crippen LogP contribution in [0.5, 0.6) is 11.5 Å². The highest BCUT2D eigenvalue weighted by molar-refractivity contribution is 5.48. The fourth-order valence-electron chi connectivity index (χ4n) is 2.13. The Labute approximate surface area is 108 Å². The van der Waals surface area contributed by atoms with Crippen molar-refractivity contribution >= 4 is 0 Å².